The lowest BCUT2D eigenvalue weighted by Crippen LogP contribution is -2.22. The lowest BCUT2D eigenvalue weighted by Gasteiger charge is -2.06. The molecule has 1 aromatic carbocycles. The molecule has 1 aromatic heterocycles. The van der Waals surface area contributed by atoms with Gasteiger partial charge in [0.25, 0.3) is 5.56 Å². The first-order valence-electron chi connectivity index (χ1n) is 5.02. The molecular formula is C12H10N2O3S. The highest BCUT2D eigenvalue weighted by Gasteiger charge is 2.11. The Bertz CT molecular complexity index is 706. The van der Waals surface area contributed by atoms with Gasteiger partial charge >= 0.3 is 5.97 Å². The summed E-state index contributed by atoms with van der Waals surface area (Å²) < 4.78 is 0.939. The van der Waals surface area contributed by atoms with E-state index in [2.05, 4.69) is 11.6 Å². The highest BCUT2D eigenvalue weighted by molar-refractivity contribution is 7.98. The van der Waals surface area contributed by atoms with Gasteiger partial charge in [-0.15, -0.1) is 11.8 Å². The van der Waals surface area contributed by atoms with Gasteiger partial charge in [-0.1, -0.05) is 6.58 Å². The normalized spacial score (nSPS) is 10.5. The van der Waals surface area contributed by atoms with Gasteiger partial charge in [-0.3, -0.25) is 9.36 Å². The quantitative estimate of drug-likeness (QED) is 0.673. The molecule has 0 spiro atoms. The van der Waals surface area contributed by atoms with Gasteiger partial charge in [-0.2, -0.15) is 0 Å². The molecule has 0 aliphatic heterocycles. The number of fused-ring (bicyclic) bond motifs is 1. The van der Waals surface area contributed by atoms with Crippen LogP contribution >= 0.6 is 11.8 Å². The maximum atomic E-state index is 12.1. The third-order valence-electron chi connectivity index (χ3n) is 2.50. The molecule has 1 heterocycles. The van der Waals surface area contributed by atoms with Gasteiger partial charge < -0.3 is 5.11 Å². The van der Waals surface area contributed by atoms with E-state index >= 15 is 0 Å². The SMILES string of the molecule is C=C(C(=O)O)n1cnc2ccc(SC)cc2c1=O. The van der Waals surface area contributed by atoms with Crippen LogP contribution in [-0.2, 0) is 4.79 Å². The molecule has 0 atom stereocenters. The summed E-state index contributed by atoms with van der Waals surface area (Å²) in [5.74, 6) is -1.25. The van der Waals surface area contributed by atoms with Crippen molar-refractivity contribution in [2.75, 3.05) is 6.26 Å². The molecule has 0 saturated carbocycles. The largest absolute Gasteiger partial charge is 0.477 e. The van der Waals surface area contributed by atoms with Crippen LogP contribution in [0.25, 0.3) is 16.6 Å². The zero-order valence-electron chi connectivity index (χ0n) is 9.58. The van der Waals surface area contributed by atoms with Gasteiger partial charge in [0.05, 0.1) is 10.9 Å². The molecular weight excluding hydrogens is 252 g/mol. The van der Waals surface area contributed by atoms with Crippen LogP contribution in [0.15, 0.2) is 40.8 Å². The molecule has 0 saturated heterocycles. The van der Waals surface area contributed by atoms with Gasteiger partial charge in [0.2, 0.25) is 0 Å². The highest BCUT2D eigenvalue weighted by atomic mass is 32.2. The van der Waals surface area contributed by atoms with Crippen molar-refractivity contribution in [2.24, 2.45) is 0 Å². The number of rotatable bonds is 3. The molecule has 0 unspecified atom stereocenters. The zero-order valence-corrected chi connectivity index (χ0v) is 10.4. The molecule has 0 bridgehead atoms. The van der Waals surface area contributed by atoms with Crippen LogP contribution in [-0.4, -0.2) is 26.9 Å². The second-order valence-corrected chi connectivity index (χ2v) is 4.43. The van der Waals surface area contributed by atoms with E-state index in [1.54, 1.807) is 12.1 Å². The number of aliphatic carboxylic acids is 1. The van der Waals surface area contributed by atoms with Gasteiger partial charge in [0.15, 0.2) is 0 Å². The molecule has 0 fully saturated rings. The van der Waals surface area contributed by atoms with Gasteiger partial charge in [0, 0.05) is 4.90 Å². The van der Waals surface area contributed by atoms with E-state index in [0.717, 1.165) is 9.46 Å². The molecule has 6 heteroatoms. The van der Waals surface area contributed by atoms with Crippen LogP contribution in [0.4, 0.5) is 0 Å². The molecule has 1 N–H and O–H groups in total. The zero-order chi connectivity index (χ0) is 13.3. The van der Waals surface area contributed by atoms with Crippen LogP contribution in [0.3, 0.4) is 0 Å². The summed E-state index contributed by atoms with van der Waals surface area (Å²) in [6.45, 7) is 3.35. The Morgan fingerprint density at radius 2 is 2.22 bits per heavy atom. The van der Waals surface area contributed by atoms with Crippen LogP contribution < -0.4 is 5.56 Å². The number of nitrogens with zero attached hydrogens (tertiary/aromatic N) is 2. The average Bonchev–Trinajstić information content (AvgIpc) is 2.38. The summed E-state index contributed by atoms with van der Waals surface area (Å²) in [7, 11) is 0. The third-order valence-corrected chi connectivity index (χ3v) is 3.23. The molecule has 0 aliphatic carbocycles. The fraction of sp³-hybridized carbons (Fsp3) is 0.0833. The molecule has 2 aromatic rings. The summed E-state index contributed by atoms with van der Waals surface area (Å²) >= 11 is 1.50. The van der Waals surface area contributed by atoms with Gasteiger partial charge in [-0.25, -0.2) is 9.78 Å². The summed E-state index contributed by atoms with van der Waals surface area (Å²) in [6, 6.07) is 5.28. The molecule has 2 rings (SSSR count). The predicted molar refractivity (Wildman–Crippen MR) is 70.7 cm³/mol. The number of hydrogen-bond acceptors (Lipinski definition) is 4. The molecule has 5 nitrogen and oxygen atoms in total. The monoisotopic (exact) mass is 262 g/mol. The van der Waals surface area contributed by atoms with E-state index in [0.29, 0.717) is 10.9 Å². The third kappa shape index (κ3) is 2.02. The second kappa shape index (κ2) is 4.66. The molecule has 18 heavy (non-hydrogen) atoms. The van der Waals surface area contributed by atoms with E-state index in [1.807, 2.05) is 12.3 Å². The molecule has 0 radical (unpaired) electrons. The van der Waals surface area contributed by atoms with Crippen molar-refractivity contribution < 1.29 is 9.90 Å². The molecule has 0 amide bonds. The first kappa shape index (κ1) is 12.4. The number of aromatic nitrogens is 2. The van der Waals surface area contributed by atoms with Crippen molar-refractivity contribution in [2.45, 2.75) is 4.90 Å². The Labute approximate surface area is 107 Å². The number of hydrogen-bond donors (Lipinski definition) is 1. The van der Waals surface area contributed by atoms with Crippen molar-refractivity contribution in [3.05, 3.63) is 41.5 Å². The Kier molecular flexibility index (Phi) is 3.20. The number of carboxylic acid groups (broad SMARTS) is 1. The van der Waals surface area contributed by atoms with Crippen molar-refractivity contribution in [3.63, 3.8) is 0 Å². The lowest BCUT2D eigenvalue weighted by atomic mass is 10.2. The van der Waals surface area contributed by atoms with Crippen molar-refractivity contribution >= 4 is 34.3 Å². The van der Waals surface area contributed by atoms with Crippen LogP contribution in [0.1, 0.15) is 0 Å². The van der Waals surface area contributed by atoms with Crippen molar-refractivity contribution in [1.29, 1.82) is 0 Å². The summed E-state index contributed by atoms with van der Waals surface area (Å²) in [5.41, 5.74) is -0.209. The summed E-state index contributed by atoms with van der Waals surface area (Å²) in [6.07, 6.45) is 3.08. The fourth-order valence-corrected chi connectivity index (χ4v) is 1.96. The first-order valence-corrected chi connectivity index (χ1v) is 6.25. The average molecular weight is 262 g/mol. The van der Waals surface area contributed by atoms with E-state index in [1.165, 1.54) is 18.1 Å². The van der Waals surface area contributed by atoms with E-state index < -0.39 is 11.5 Å². The Morgan fingerprint density at radius 1 is 1.50 bits per heavy atom. The number of thioether (sulfide) groups is 1. The predicted octanol–water partition coefficient (Wildman–Crippen LogP) is 1.67. The van der Waals surface area contributed by atoms with Crippen molar-refractivity contribution in [1.82, 2.24) is 9.55 Å². The topological polar surface area (TPSA) is 72.2 Å². The first-order chi connectivity index (χ1) is 8.54. The minimum atomic E-state index is -1.25. The Hall–Kier alpha value is -2.08. The number of benzene rings is 1. The summed E-state index contributed by atoms with van der Waals surface area (Å²) in [4.78, 5) is 27.9. The van der Waals surface area contributed by atoms with Gasteiger partial charge in [0.1, 0.15) is 12.0 Å². The molecule has 92 valence electrons. The maximum Gasteiger partial charge on any atom is 0.352 e. The number of carboxylic acids is 1. The molecule has 0 aliphatic rings. The minimum Gasteiger partial charge on any atom is -0.477 e. The van der Waals surface area contributed by atoms with Crippen LogP contribution in [0, 0.1) is 0 Å². The standard InChI is InChI=1S/C12H10N2O3S/c1-7(12(16)17)14-6-13-10-4-3-8(18-2)5-9(10)11(14)15/h3-6H,1H2,2H3,(H,16,17). The Morgan fingerprint density at radius 3 is 2.83 bits per heavy atom. The fourth-order valence-electron chi connectivity index (χ4n) is 1.52. The van der Waals surface area contributed by atoms with E-state index in [9.17, 15) is 9.59 Å². The van der Waals surface area contributed by atoms with Crippen molar-refractivity contribution in [3.8, 4) is 0 Å². The maximum absolute atomic E-state index is 12.1. The lowest BCUT2D eigenvalue weighted by molar-refractivity contribution is -0.130. The van der Waals surface area contributed by atoms with Gasteiger partial charge in [-0.05, 0) is 24.5 Å². The second-order valence-electron chi connectivity index (χ2n) is 3.55. The van der Waals surface area contributed by atoms with E-state index in [-0.39, 0.29) is 5.70 Å². The number of carbonyl (C=O) groups is 1. The Balaban J connectivity index is 2.73. The van der Waals surface area contributed by atoms with E-state index in [4.69, 9.17) is 5.11 Å². The van der Waals surface area contributed by atoms with Crippen LogP contribution in [0.2, 0.25) is 0 Å². The minimum absolute atomic E-state index is 0.316. The summed E-state index contributed by atoms with van der Waals surface area (Å²) in [5, 5.41) is 9.22. The smallest absolute Gasteiger partial charge is 0.352 e. The highest BCUT2D eigenvalue weighted by Crippen LogP contribution is 2.18. The van der Waals surface area contributed by atoms with Crippen LogP contribution in [0.5, 0.6) is 0 Å².